The van der Waals surface area contributed by atoms with Gasteiger partial charge in [0.05, 0.1) is 0 Å². The Morgan fingerprint density at radius 2 is 1.72 bits per heavy atom. The van der Waals surface area contributed by atoms with E-state index in [9.17, 15) is 9.59 Å². The van der Waals surface area contributed by atoms with Crippen molar-refractivity contribution in [3.63, 3.8) is 0 Å². The second kappa shape index (κ2) is 9.44. The number of hydrogen-bond acceptors (Lipinski definition) is 2. The molecule has 0 spiro atoms. The molecule has 2 aromatic rings. The maximum absolute atomic E-state index is 12.1. The molecule has 25 heavy (non-hydrogen) atoms. The number of hydrogen-bond donors (Lipinski definition) is 1. The van der Waals surface area contributed by atoms with E-state index in [-0.39, 0.29) is 18.2 Å². The molecular formula is C19H20Cl2N2O2. The molecule has 0 aromatic heterocycles. The van der Waals surface area contributed by atoms with Crippen LogP contribution in [0.3, 0.4) is 0 Å². The lowest BCUT2D eigenvalue weighted by molar-refractivity contribution is -0.129. The highest BCUT2D eigenvalue weighted by Crippen LogP contribution is 2.15. The summed E-state index contributed by atoms with van der Waals surface area (Å²) in [5, 5.41) is 4.03. The Morgan fingerprint density at radius 3 is 2.36 bits per heavy atom. The van der Waals surface area contributed by atoms with Crippen molar-refractivity contribution < 1.29 is 9.59 Å². The van der Waals surface area contributed by atoms with Crippen molar-refractivity contribution in [1.82, 2.24) is 4.90 Å². The van der Waals surface area contributed by atoms with Gasteiger partial charge in [-0.3, -0.25) is 9.59 Å². The molecule has 1 N–H and O–H groups in total. The number of rotatable bonds is 7. The zero-order valence-electron chi connectivity index (χ0n) is 14.0. The summed E-state index contributed by atoms with van der Waals surface area (Å²) in [6.45, 7) is 2.44. The van der Waals surface area contributed by atoms with Crippen molar-refractivity contribution in [2.75, 3.05) is 18.4 Å². The van der Waals surface area contributed by atoms with Crippen LogP contribution in [0.2, 0.25) is 10.0 Å². The predicted molar refractivity (Wildman–Crippen MR) is 102 cm³/mol. The molecule has 6 heteroatoms. The SMILES string of the molecule is CC(=O)N(CCC(=O)Nc1cccc(Cl)c1)CCc1ccc(Cl)cc1. The van der Waals surface area contributed by atoms with Crippen molar-refractivity contribution in [3.8, 4) is 0 Å². The lowest BCUT2D eigenvalue weighted by atomic mass is 10.1. The van der Waals surface area contributed by atoms with E-state index in [0.29, 0.717) is 35.2 Å². The van der Waals surface area contributed by atoms with Crippen LogP contribution in [-0.4, -0.2) is 29.8 Å². The first-order chi connectivity index (χ1) is 11.9. The standard InChI is InChI=1S/C19H20Cl2N2O2/c1-14(24)23(11-9-15-5-7-16(20)8-6-15)12-10-19(25)22-18-4-2-3-17(21)13-18/h2-8,13H,9-12H2,1H3,(H,22,25). The fourth-order valence-corrected chi connectivity index (χ4v) is 2.68. The summed E-state index contributed by atoms with van der Waals surface area (Å²) in [5.41, 5.74) is 1.74. The molecule has 0 saturated heterocycles. The smallest absolute Gasteiger partial charge is 0.226 e. The minimum absolute atomic E-state index is 0.0514. The summed E-state index contributed by atoms with van der Waals surface area (Å²) in [6, 6.07) is 14.5. The van der Waals surface area contributed by atoms with E-state index in [0.717, 1.165) is 5.56 Å². The number of halogens is 2. The first kappa shape index (κ1) is 19.3. The third-order valence-corrected chi connectivity index (χ3v) is 4.23. The quantitative estimate of drug-likeness (QED) is 0.775. The average Bonchev–Trinajstić information content (AvgIpc) is 2.56. The van der Waals surface area contributed by atoms with Crippen LogP contribution >= 0.6 is 23.2 Å². The minimum atomic E-state index is -0.153. The highest BCUT2D eigenvalue weighted by atomic mass is 35.5. The zero-order valence-corrected chi connectivity index (χ0v) is 15.5. The van der Waals surface area contributed by atoms with Gasteiger partial charge in [-0.2, -0.15) is 0 Å². The Balaban J connectivity index is 1.83. The molecule has 132 valence electrons. The molecule has 0 unspecified atom stereocenters. The molecular weight excluding hydrogens is 359 g/mol. The van der Waals surface area contributed by atoms with E-state index < -0.39 is 0 Å². The summed E-state index contributed by atoms with van der Waals surface area (Å²) in [7, 11) is 0. The topological polar surface area (TPSA) is 49.4 Å². The van der Waals surface area contributed by atoms with Crippen LogP contribution in [0.5, 0.6) is 0 Å². The molecule has 0 radical (unpaired) electrons. The van der Waals surface area contributed by atoms with Gasteiger partial charge in [-0.05, 0) is 42.3 Å². The van der Waals surface area contributed by atoms with Gasteiger partial charge < -0.3 is 10.2 Å². The minimum Gasteiger partial charge on any atom is -0.342 e. The van der Waals surface area contributed by atoms with Gasteiger partial charge in [0.2, 0.25) is 11.8 Å². The highest BCUT2D eigenvalue weighted by Gasteiger charge is 2.11. The Hall–Kier alpha value is -2.04. The third kappa shape index (κ3) is 6.77. The summed E-state index contributed by atoms with van der Waals surface area (Å²) in [6.07, 6.45) is 0.944. The molecule has 0 atom stereocenters. The zero-order chi connectivity index (χ0) is 18.2. The molecule has 0 saturated carbocycles. The maximum Gasteiger partial charge on any atom is 0.226 e. The highest BCUT2D eigenvalue weighted by molar-refractivity contribution is 6.31. The third-order valence-electron chi connectivity index (χ3n) is 3.75. The van der Waals surface area contributed by atoms with Gasteiger partial charge >= 0.3 is 0 Å². The average molecular weight is 379 g/mol. The number of benzene rings is 2. The van der Waals surface area contributed by atoms with Crippen LogP contribution in [0.25, 0.3) is 0 Å². The van der Waals surface area contributed by atoms with E-state index >= 15 is 0 Å². The van der Waals surface area contributed by atoms with Gasteiger partial charge in [0.25, 0.3) is 0 Å². The summed E-state index contributed by atoms with van der Waals surface area (Å²) in [5.74, 6) is -0.204. The summed E-state index contributed by atoms with van der Waals surface area (Å²) >= 11 is 11.8. The van der Waals surface area contributed by atoms with Crippen molar-refractivity contribution >= 4 is 40.7 Å². The Morgan fingerprint density at radius 1 is 1.00 bits per heavy atom. The molecule has 2 aromatic carbocycles. The first-order valence-corrected chi connectivity index (χ1v) is 8.75. The number of carbonyl (C=O) groups is 2. The van der Waals surface area contributed by atoms with Gasteiger partial charge in [-0.1, -0.05) is 41.4 Å². The Bertz CT molecular complexity index is 732. The van der Waals surface area contributed by atoms with E-state index in [4.69, 9.17) is 23.2 Å². The van der Waals surface area contributed by atoms with Crippen LogP contribution in [0.15, 0.2) is 48.5 Å². The molecule has 2 amide bonds. The maximum atomic E-state index is 12.1. The van der Waals surface area contributed by atoms with Crippen LogP contribution < -0.4 is 5.32 Å². The van der Waals surface area contributed by atoms with Gasteiger partial charge in [-0.15, -0.1) is 0 Å². The van der Waals surface area contributed by atoms with Gasteiger partial charge in [0, 0.05) is 42.2 Å². The number of anilines is 1. The lowest BCUT2D eigenvalue weighted by Gasteiger charge is -2.21. The molecule has 0 aliphatic carbocycles. The molecule has 0 bridgehead atoms. The van der Waals surface area contributed by atoms with Crippen molar-refractivity contribution in [2.45, 2.75) is 19.8 Å². The number of carbonyl (C=O) groups excluding carboxylic acids is 2. The molecule has 2 rings (SSSR count). The van der Waals surface area contributed by atoms with Crippen LogP contribution in [0.1, 0.15) is 18.9 Å². The van der Waals surface area contributed by atoms with Crippen LogP contribution in [0.4, 0.5) is 5.69 Å². The number of nitrogens with one attached hydrogen (secondary N) is 1. The summed E-state index contributed by atoms with van der Waals surface area (Å²) < 4.78 is 0. The van der Waals surface area contributed by atoms with Crippen LogP contribution in [0, 0.1) is 0 Å². The normalized spacial score (nSPS) is 10.4. The van der Waals surface area contributed by atoms with Gasteiger partial charge in [0.1, 0.15) is 0 Å². The summed E-state index contributed by atoms with van der Waals surface area (Å²) in [4.78, 5) is 25.5. The molecule has 0 heterocycles. The van der Waals surface area contributed by atoms with Gasteiger partial charge in [-0.25, -0.2) is 0 Å². The monoisotopic (exact) mass is 378 g/mol. The van der Waals surface area contributed by atoms with E-state index in [1.165, 1.54) is 6.92 Å². The number of amides is 2. The van der Waals surface area contributed by atoms with Crippen molar-refractivity contribution in [1.29, 1.82) is 0 Å². The lowest BCUT2D eigenvalue weighted by Crippen LogP contribution is -2.33. The van der Waals surface area contributed by atoms with Crippen LogP contribution in [-0.2, 0) is 16.0 Å². The Labute approximate surface area is 157 Å². The van der Waals surface area contributed by atoms with E-state index in [1.807, 2.05) is 24.3 Å². The predicted octanol–water partition coefficient (Wildman–Crippen LogP) is 4.41. The van der Waals surface area contributed by atoms with Gasteiger partial charge in [0.15, 0.2) is 0 Å². The second-order valence-corrected chi connectivity index (χ2v) is 6.56. The molecule has 0 fully saturated rings. The molecule has 0 aliphatic heterocycles. The fourth-order valence-electron chi connectivity index (χ4n) is 2.37. The Kier molecular flexibility index (Phi) is 7.29. The van der Waals surface area contributed by atoms with Crippen molar-refractivity contribution in [2.24, 2.45) is 0 Å². The fraction of sp³-hybridized carbons (Fsp3) is 0.263. The molecule has 4 nitrogen and oxygen atoms in total. The van der Waals surface area contributed by atoms with Crippen molar-refractivity contribution in [3.05, 3.63) is 64.1 Å². The van der Waals surface area contributed by atoms with E-state index in [2.05, 4.69) is 5.32 Å². The van der Waals surface area contributed by atoms with E-state index in [1.54, 1.807) is 29.2 Å². The molecule has 0 aliphatic rings. The number of nitrogens with zero attached hydrogens (tertiary/aromatic N) is 1. The first-order valence-electron chi connectivity index (χ1n) is 7.99. The largest absolute Gasteiger partial charge is 0.342 e. The second-order valence-electron chi connectivity index (χ2n) is 5.69.